The van der Waals surface area contributed by atoms with E-state index in [0.717, 1.165) is 34.3 Å². The number of nitrogens with one attached hydrogen (secondary N) is 1. The summed E-state index contributed by atoms with van der Waals surface area (Å²) in [5.74, 6) is 0.746. The SMILES string of the molecule is CC1CCc2[nH]c3cc(Br)c(Cl)nc3c2C1. The van der Waals surface area contributed by atoms with Crippen molar-refractivity contribution in [3.05, 3.63) is 26.9 Å². The van der Waals surface area contributed by atoms with E-state index in [4.69, 9.17) is 11.6 Å². The van der Waals surface area contributed by atoms with Crippen molar-refractivity contribution in [3.8, 4) is 0 Å². The Hall–Kier alpha value is -0.540. The van der Waals surface area contributed by atoms with Gasteiger partial charge >= 0.3 is 0 Å². The van der Waals surface area contributed by atoms with E-state index >= 15 is 0 Å². The predicted molar refractivity (Wildman–Crippen MR) is 70.0 cm³/mol. The molecular formula is C12H12BrClN2. The lowest BCUT2D eigenvalue weighted by atomic mass is 9.89. The molecule has 2 heterocycles. The second-order valence-corrected chi connectivity index (χ2v) is 5.80. The lowest BCUT2D eigenvalue weighted by Gasteiger charge is -2.17. The minimum Gasteiger partial charge on any atom is -0.357 e. The lowest BCUT2D eigenvalue weighted by molar-refractivity contribution is 0.499. The third kappa shape index (κ3) is 1.57. The Labute approximate surface area is 108 Å². The highest BCUT2D eigenvalue weighted by Crippen LogP contribution is 2.33. The molecule has 1 aliphatic rings. The summed E-state index contributed by atoms with van der Waals surface area (Å²) < 4.78 is 0.855. The maximum absolute atomic E-state index is 6.05. The molecule has 0 saturated carbocycles. The van der Waals surface area contributed by atoms with E-state index in [0.29, 0.717) is 5.15 Å². The summed E-state index contributed by atoms with van der Waals surface area (Å²) in [6.07, 6.45) is 3.50. The van der Waals surface area contributed by atoms with Gasteiger partial charge in [0.05, 0.1) is 15.5 Å². The van der Waals surface area contributed by atoms with Crippen molar-refractivity contribution in [3.63, 3.8) is 0 Å². The molecule has 0 spiro atoms. The van der Waals surface area contributed by atoms with Gasteiger partial charge in [-0.05, 0) is 52.7 Å². The van der Waals surface area contributed by atoms with Crippen LogP contribution in [-0.2, 0) is 12.8 Å². The van der Waals surface area contributed by atoms with E-state index in [1.54, 1.807) is 0 Å². The van der Waals surface area contributed by atoms with Crippen molar-refractivity contribution in [1.29, 1.82) is 0 Å². The van der Waals surface area contributed by atoms with Gasteiger partial charge in [-0.25, -0.2) is 4.98 Å². The number of rotatable bonds is 0. The number of nitrogens with zero attached hydrogens (tertiary/aromatic N) is 1. The van der Waals surface area contributed by atoms with Crippen LogP contribution in [0.25, 0.3) is 11.0 Å². The molecule has 0 saturated heterocycles. The van der Waals surface area contributed by atoms with E-state index < -0.39 is 0 Å². The summed E-state index contributed by atoms with van der Waals surface area (Å²) in [7, 11) is 0. The molecule has 2 aromatic heterocycles. The second kappa shape index (κ2) is 3.74. The third-order valence-electron chi connectivity index (χ3n) is 3.31. The van der Waals surface area contributed by atoms with Crippen molar-refractivity contribution in [2.24, 2.45) is 5.92 Å². The molecule has 0 aliphatic heterocycles. The molecular weight excluding hydrogens is 288 g/mol. The summed E-state index contributed by atoms with van der Waals surface area (Å²) in [5, 5.41) is 0.549. The van der Waals surface area contributed by atoms with Gasteiger partial charge in [0.15, 0.2) is 0 Å². The van der Waals surface area contributed by atoms with E-state index in [2.05, 4.69) is 32.8 Å². The van der Waals surface area contributed by atoms with Crippen molar-refractivity contribution in [2.45, 2.75) is 26.2 Å². The Morgan fingerprint density at radius 1 is 1.56 bits per heavy atom. The number of H-pyrrole nitrogens is 1. The Morgan fingerprint density at radius 3 is 3.19 bits per heavy atom. The van der Waals surface area contributed by atoms with Gasteiger partial charge < -0.3 is 4.98 Å². The van der Waals surface area contributed by atoms with Crippen LogP contribution in [0, 0.1) is 5.92 Å². The van der Waals surface area contributed by atoms with E-state index in [1.807, 2.05) is 6.07 Å². The van der Waals surface area contributed by atoms with Crippen LogP contribution in [0.5, 0.6) is 0 Å². The zero-order valence-electron chi connectivity index (χ0n) is 8.98. The smallest absolute Gasteiger partial charge is 0.144 e. The fourth-order valence-corrected chi connectivity index (χ4v) is 2.90. The maximum atomic E-state index is 6.05. The first-order valence-corrected chi connectivity index (χ1v) is 6.67. The van der Waals surface area contributed by atoms with Gasteiger partial charge in [-0.1, -0.05) is 18.5 Å². The molecule has 0 aromatic carbocycles. The third-order valence-corrected chi connectivity index (χ3v) is 4.43. The average molecular weight is 300 g/mol. The Balaban J connectivity index is 2.27. The summed E-state index contributed by atoms with van der Waals surface area (Å²) in [6.45, 7) is 2.29. The Morgan fingerprint density at radius 2 is 2.38 bits per heavy atom. The fraction of sp³-hybridized carbons (Fsp3) is 0.417. The molecule has 1 atom stereocenters. The van der Waals surface area contributed by atoms with Crippen molar-refractivity contribution in [2.75, 3.05) is 0 Å². The van der Waals surface area contributed by atoms with Crippen LogP contribution in [-0.4, -0.2) is 9.97 Å². The molecule has 4 heteroatoms. The Kier molecular flexibility index (Phi) is 2.48. The van der Waals surface area contributed by atoms with Crippen molar-refractivity contribution >= 4 is 38.6 Å². The number of fused-ring (bicyclic) bond motifs is 3. The monoisotopic (exact) mass is 298 g/mol. The normalized spacial score (nSPS) is 20.1. The standard InChI is InChI=1S/C12H12BrClN2/c1-6-2-3-9-7(4-6)11-10(15-9)5-8(13)12(14)16-11/h5-6,15H,2-4H2,1H3. The number of pyridine rings is 1. The summed E-state index contributed by atoms with van der Waals surface area (Å²) in [4.78, 5) is 7.92. The molecule has 1 aliphatic carbocycles. The maximum Gasteiger partial charge on any atom is 0.144 e. The number of aryl methyl sites for hydroxylation is 1. The van der Waals surface area contributed by atoms with E-state index in [1.165, 1.54) is 17.7 Å². The first kappa shape index (κ1) is 10.6. The van der Waals surface area contributed by atoms with Crippen LogP contribution in [0.15, 0.2) is 10.5 Å². The average Bonchev–Trinajstić information content (AvgIpc) is 2.57. The molecule has 1 unspecified atom stereocenters. The molecule has 16 heavy (non-hydrogen) atoms. The highest BCUT2D eigenvalue weighted by molar-refractivity contribution is 9.10. The number of halogens is 2. The number of aromatic amines is 1. The van der Waals surface area contributed by atoms with Crippen LogP contribution >= 0.6 is 27.5 Å². The van der Waals surface area contributed by atoms with Crippen molar-refractivity contribution in [1.82, 2.24) is 9.97 Å². The second-order valence-electron chi connectivity index (χ2n) is 4.59. The van der Waals surface area contributed by atoms with Crippen LogP contribution in [0.1, 0.15) is 24.6 Å². The quantitative estimate of drug-likeness (QED) is 0.729. The molecule has 1 N–H and O–H groups in total. The van der Waals surface area contributed by atoms with Crippen molar-refractivity contribution < 1.29 is 0 Å². The molecule has 84 valence electrons. The summed E-state index contributed by atoms with van der Waals surface area (Å²) in [5.41, 5.74) is 4.85. The predicted octanol–water partition coefficient (Wildman–Crippen LogP) is 4.10. The van der Waals surface area contributed by atoms with E-state index in [9.17, 15) is 0 Å². The van der Waals surface area contributed by atoms with Gasteiger partial charge in [0.1, 0.15) is 5.15 Å². The van der Waals surface area contributed by atoms with Gasteiger partial charge in [-0.2, -0.15) is 0 Å². The van der Waals surface area contributed by atoms with Gasteiger partial charge in [0, 0.05) is 5.69 Å². The van der Waals surface area contributed by atoms with Gasteiger partial charge in [-0.15, -0.1) is 0 Å². The highest BCUT2D eigenvalue weighted by Gasteiger charge is 2.21. The fourth-order valence-electron chi connectivity index (χ4n) is 2.45. The number of aromatic nitrogens is 2. The first-order valence-electron chi connectivity index (χ1n) is 5.50. The minimum absolute atomic E-state index is 0.549. The molecule has 0 fully saturated rings. The zero-order chi connectivity index (χ0) is 11.3. The first-order chi connectivity index (χ1) is 7.65. The largest absolute Gasteiger partial charge is 0.357 e. The van der Waals surface area contributed by atoms with Gasteiger partial charge in [-0.3, -0.25) is 0 Å². The number of hydrogen-bond acceptors (Lipinski definition) is 1. The lowest BCUT2D eigenvalue weighted by Crippen LogP contribution is -2.10. The molecule has 2 aromatic rings. The molecule has 0 amide bonds. The zero-order valence-corrected chi connectivity index (χ0v) is 11.3. The molecule has 2 nitrogen and oxygen atoms in total. The van der Waals surface area contributed by atoms with Gasteiger partial charge in [0.2, 0.25) is 0 Å². The minimum atomic E-state index is 0.549. The van der Waals surface area contributed by atoms with Crippen LogP contribution in [0.3, 0.4) is 0 Å². The van der Waals surface area contributed by atoms with Gasteiger partial charge in [0.25, 0.3) is 0 Å². The topological polar surface area (TPSA) is 28.7 Å². The van der Waals surface area contributed by atoms with Crippen LogP contribution < -0.4 is 0 Å². The Bertz CT molecular complexity index is 562. The molecule has 0 bridgehead atoms. The molecule has 3 rings (SSSR count). The highest BCUT2D eigenvalue weighted by atomic mass is 79.9. The summed E-state index contributed by atoms with van der Waals surface area (Å²) >= 11 is 9.46. The number of hydrogen-bond donors (Lipinski definition) is 1. The van der Waals surface area contributed by atoms with Crippen LogP contribution in [0.4, 0.5) is 0 Å². The molecule has 0 radical (unpaired) electrons. The van der Waals surface area contributed by atoms with E-state index in [-0.39, 0.29) is 0 Å². The van der Waals surface area contributed by atoms with Crippen LogP contribution in [0.2, 0.25) is 5.15 Å². The summed E-state index contributed by atoms with van der Waals surface area (Å²) in [6, 6.07) is 2.02.